The van der Waals surface area contributed by atoms with Gasteiger partial charge in [0.1, 0.15) is 12.4 Å². The Morgan fingerprint density at radius 3 is 2.32 bits per heavy atom. The number of aliphatic carboxylic acids is 1. The number of hydrogen-bond donors (Lipinski definition) is 1. The zero-order chi connectivity index (χ0) is 24.7. The normalized spacial score (nSPS) is 15.0. The molecule has 2 aromatic carbocycles. The third-order valence-corrected chi connectivity index (χ3v) is 6.34. The lowest BCUT2D eigenvalue weighted by atomic mass is 9.69. The molecule has 0 bridgehead atoms. The number of ether oxygens (including phenoxy) is 3. The molecule has 0 aromatic heterocycles. The fraction of sp³-hybridized carbons (Fsp3) is 0.423. The molecule has 0 spiro atoms. The number of benzene rings is 2. The predicted molar refractivity (Wildman–Crippen MR) is 125 cm³/mol. The third kappa shape index (κ3) is 5.22. The number of rotatable bonds is 9. The van der Waals surface area contributed by atoms with Crippen LogP contribution in [-0.4, -0.2) is 54.8 Å². The number of amides is 1. The first-order valence-electron chi connectivity index (χ1n) is 11.3. The smallest absolute Gasteiger partial charge is 0.410 e. The number of carbonyl (C=O) groups is 3. The van der Waals surface area contributed by atoms with Crippen LogP contribution >= 0.6 is 0 Å². The van der Waals surface area contributed by atoms with Crippen LogP contribution in [0.5, 0.6) is 5.75 Å². The summed E-state index contributed by atoms with van der Waals surface area (Å²) in [4.78, 5) is 39.6. The van der Waals surface area contributed by atoms with Gasteiger partial charge in [-0.25, -0.2) is 4.79 Å². The van der Waals surface area contributed by atoms with Gasteiger partial charge in [0, 0.05) is 32.2 Å². The van der Waals surface area contributed by atoms with Crippen LogP contribution in [0.1, 0.15) is 53.2 Å². The molecule has 1 fully saturated rings. The van der Waals surface area contributed by atoms with Crippen LogP contribution in [0.25, 0.3) is 0 Å². The summed E-state index contributed by atoms with van der Waals surface area (Å²) in [7, 11) is 1.50. The van der Waals surface area contributed by atoms with E-state index in [0.29, 0.717) is 22.4 Å². The van der Waals surface area contributed by atoms with Crippen molar-refractivity contribution in [3.05, 3.63) is 64.7 Å². The van der Waals surface area contributed by atoms with Crippen molar-refractivity contribution in [3.63, 3.8) is 0 Å². The minimum Gasteiger partial charge on any atom is -0.481 e. The number of ketones is 1. The molecule has 1 amide bonds. The summed E-state index contributed by atoms with van der Waals surface area (Å²) in [5, 5.41) is 10.4. The van der Waals surface area contributed by atoms with Gasteiger partial charge in [0.15, 0.2) is 12.6 Å². The first-order chi connectivity index (χ1) is 16.3. The van der Waals surface area contributed by atoms with E-state index in [4.69, 9.17) is 14.2 Å². The number of carbonyl (C=O) groups excluding carboxylic acids is 2. The van der Waals surface area contributed by atoms with Gasteiger partial charge in [0.05, 0.1) is 5.41 Å². The molecule has 2 aromatic rings. The zero-order valence-electron chi connectivity index (χ0n) is 19.8. The number of carboxylic acids is 1. The van der Waals surface area contributed by atoms with E-state index in [0.717, 1.165) is 5.56 Å². The number of nitrogens with zero attached hydrogens (tertiary/aromatic N) is 1. The number of likely N-dealkylation sites (tertiary alicyclic amines) is 1. The molecule has 0 radical (unpaired) electrons. The standard InChI is InChI=1S/C26H31NO7/c1-4-21(28)20-10-11-22(34-17-32-3)18(2)23(20)26(24(29)30)12-14-27(15-13-26)25(31)33-16-19-8-6-5-7-9-19/h5-11H,4,12-17H2,1-3H3,(H,29,30). The molecule has 1 saturated heterocycles. The molecule has 0 unspecified atom stereocenters. The van der Waals surface area contributed by atoms with Gasteiger partial charge in [-0.2, -0.15) is 0 Å². The molecule has 8 nitrogen and oxygen atoms in total. The summed E-state index contributed by atoms with van der Waals surface area (Å²) < 4.78 is 16.0. The van der Waals surface area contributed by atoms with Gasteiger partial charge in [0.2, 0.25) is 0 Å². The summed E-state index contributed by atoms with van der Waals surface area (Å²) >= 11 is 0. The predicted octanol–water partition coefficient (Wildman–Crippen LogP) is 4.33. The highest BCUT2D eigenvalue weighted by atomic mass is 16.7. The van der Waals surface area contributed by atoms with Crippen LogP contribution in [0.2, 0.25) is 0 Å². The Morgan fingerprint density at radius 1 is 1.06 bits per heavy atom. The van der Waals surface area contributed by atoms with Gasteiger partial charge < -0.3 is 24.2 Å². The van der Waals surface area contributed by atoms with Crippen molar-refractivity contribution in [3.8, 4) is 5.75 Å². The topological polar surface area (TPSA) is 102 Å². The number of Topliss-reactive ketones (excluding diaryl/α,β-unsaturated/α-hetero) is 1. The molecular formula is C26H31NO7. The van der Waals surface area contributed by atoms with Gasteiger partial charge >= 0.3 is 12.1 Å². The Balaban J connectivity index is 1.86. The summed E-state index contributed by atoms with van der Waals surface area (Å²) in [5.74, 6) is -0.696. The van der Waals surface area contributed by atoms with Crippen molar-refractivity contribution >= 4 is 17.8 Å². The second-order valence-corrected chi connectivity index (χ2v) is 8.35. The minimum absolute atomic E-state index is 0.00244. The van der Waals surface area contributed by atoms with E-state index in [9.17, 15) is 19.5 Å². The van der Waals surface area contributed by atoms with Crippen molar-refractivity contribution in [2.24, 2.45) is 0 Å². The summed E-state index contributed by atoms with van der Waals surface area (Å²) in [6.07, 6.45) is 0.0719. The maximum Gasteiger partial charge on any atom is 0.410 e. The maximum absolute atomic E-state index is 12.8. The van der Waals surface area contributed by atoms with E-state index in [-0.39, 0.29) is 51.5 Å². The first-order valence-corrected chi connectivity index (χ1v) is 11.3. The van der Waals surface area contributed by atoms with Gasteiger partial charge in [0.25, 0.3) is 0 Å². The third-order valence-electron chi connectivity index (χ3n) is 6.34. The molecule has 0 atom stereocenters. The van der Waals surface area contributed by atoms with Crippen LogP contribution in [-0.2, 0) is 26.3 Å². The summed E-state index contributed by atoms with van der Waals surface area (Å²) in [6, 6.07) is 12.7. The van der Waals surface area contributed by atoms with Crippen molar-refractivity contribution in [2.45, 2.75) is 45.1 Å². The van der Waals surface area contributed by atoms with Crippen molar-refractivity contribution < 1.29 is 33.7 Å². The number of piperidine rings is 1. The van der Waals surface area contributed by atoms with Crippen LogP contribution in [0.15, 0.2) is 42.5 Å². The van der Waals surface area contributed by atoms with Gasteiger partial charge in [-0.3, -0.25) is 9.59 Å². The van der Waals surface area contributed by atoms with E-state index in [1.54, 1.807) is 26.0 Å². The molecule has 1 aliphatic heterocycles. The first kappa shape index (κ1) is 25.2. The number of methoxy groups -OCH3 is 1. The highest BCUT2D eigenvalue weighted by molar-refractivity contribution is 6.00. The Morgan fingerprint density at radius 2 is 1.74 bits per heavy atom. The van der Waals surface area contributed by atoms with Crippen LogP contribution in [0.4, 0.5) is 4.79 Å². The van der Waals surface area contributed by atoms with E-state index in [1.807, 2.05) is 30.3 Å². The Labute approximate surface area is 199 Å². The lowest BCUT2D eigenvalue weighted by molar-refractivity contribution is -0.145. The molecular weight excluding hydrogens is 438 g/mol. The molecule has 1 N–H and O–H groups in total. The largest absolute Gasteiger partial charge is 0.481 e. The molecule has 34 heavy (non-hydrogen) atoms. The Hall–Kier alpha value is -3.39. The molecule has 1 heterocycles. The maximum atomic E-state index is 12.8. The molecule has 1 aliphatic rings. The van der Waals surface area contributed by atoms with E-state index in [2.05, 4.69) is 0 Å². The fourth-order valence-corrected chi connectivity index (χ4v) is 4.46. The van der Waals surface area contributed by atoms with Crippen LogP contribution in [0.3, 0.4) is 0 Å². The molecule has 3 rings (SSSR count). The van der Waals surface area contributed by atoms with Gasteiger partial charge in [-0.1, -0.05) is 37.3 Å². The van der Waals surface area contributed by atoms with Crippen molar-refractivity contribution in [1.82, 2.24) is 4.90 Å². The SMILES string of the molecule is CCC(=O)c1ccc(OCOC)c(C)c1C1(C(=O)O)CCN(C(=O)OCc2ccccc2)CC1. The van der Waals surface area contributed by atoms with Gasteiger partial charge in [-0.15, -0.1) is 0 Å². The Bertz CT molecular complexity index is 1030. The second kappa shape index (κ2) is 11.2. The summed E-state index contributed by atoms with van der Waals surface area (Å²) in [5.41, 5.74) is 0.982. The quantitative estimate of drug-likeness (QED) is 0.431. The Kier molecular flexibility index (Phi) is 8.28. The highest BCUT2D eigenvalue weighted by Gasteiger charge is 2.47. The molecule has 0 aliphatic carbocycles. The molecule has 182 valence electrons. The fourth-order valence-electron chi connectivity index (χ4n) is 4.46. The average Bonchev–Trinajstić information content (AvgIpc) is 2.86. The van der Waals surface area contributed by atoms with E-state index < -0.39 is 17.5 Å². The highest BCUT2D eigenvalue weighted by Crippen LogP contribution is 2.42. The monoisotopic (exact) mass is 469 g/mol. The summed E-state index contributed by atoms with van der Waals surface area (Å²) in [6.45, 7) is 4.05. The lowest BCUT2D eigenvalue weighted by Crippen LogP contribution is -2.50. The lowest BCUT2D eigenvalue weighted by Gasteiger charge is -2.40. The average molecular weight is 470 g/mol. The minimum atomic E-state index is -1.33. The van der Waals surface area contributed by atoms with E-state index in [1.165, 1.54) is 12.0 Å². The number of carboxylic acid groups (broad SMARTS) is 1. The van der Waals surface area contributed by atoms with E-state index >= 15 is 0 Å². The molecule has 8 heteroatoms. The number of hydrogen-bond acceptors (Lipinski definition) is 6. The van der Waals surface area contributed by atoms with Crippen molar-refractivity contribution in [1.29, 1.82) is 0 Å². The zero-order valence-corrected chi connectivity index (χ0v) is 19.8. The molecule has 0 saturated carbocycles. The van der Waals surface area contributed by atoms with Crippen LogP contribution in [0, 0.1) is 6.92 Å². The van der Waals surface area contributed by atoms with Crippen LogP contribution < -0.4 is 4.74 Å². The second-order valence-electron chi connectivity index (χ2n) is 8.35. The van der Waals surface area contributed by atoms with Gasteiger partial charge in [-0.05, 0) is 48.6 Å². The van der Waals surface area contributed by atoms with Crippen molar-refractivity contribution in [2.75, 3.05) is 27.0 Å².